The molecule has 0 amide bonds. The molecule has 0 saturated carbocycles. The fourth-order valence-electron chi connectivity index (χ4n) is 7.29. The van der Waals surface area contributed by atoms with Gasteiger partial charge in [0.2, 0.25) is 0 Å². The van der Waals surface area contributed by atoms with E-state index in [1.807, 2.05) is 11.7 Å². The van der Waals surface area contributed by atoms with E-state index in [0.29, 0.717) is 0 Å². The standard InChI is InChI=1S/C46H31NS/c1-30-39-14-4-6-17-43(39)46(44-18-7-5-15-40(30)44)33-22-20-31(21-23-33)36-25-37(27-38(26-36)45-28-47-29-48-45)34-12-8-13-35(24-34)42-19-9-11-32-10-2-3-16-41(32)42/h2-29H,1H3. The average Bonchev–Trinajstić information content (AvgIpc) is 3.71. The van der Waals surface area contributed by atoms with Crippen LogP contribution in [-0.4, -0.2) is 4.98 Å². The summed E-state index contributed by atoms with van der Waals surface area (Å²) in [5.41, 5.74) is 14.2. The molecule has 0 fully saturated rings. The molecule has 0 aliphatic carbocycles. The third kappa shape index (κ3) is 4.90. The zero-order valence-corrected chi connectivity index (χ0v) is 27.3. The first kappa shape index (κ1) is 28.4. The Bertz CT molecular complexity index is 2550. The van der Waals surface area contributed by atoms with Gasteiger partial charge in [0.25, 0.3) is 0 Å². The van der Waals surface area contributed by atoms with Crippen molar-refractivity contribution in [2.75, 3.05) is 0 Å². The smallest absolute Gasteiger partial charge is 0.0797 e. The van der Waals surface area contributed by atoms with Crippen molar-refractivity contribution in [3.05, 3.63) is 175 Å². The minimum Gasteiger partial charge on any atom is -0.252 e. The number of benzene rings is 8. The Morgan fingerprint density at radius 2 is 0.958 bits per heavy atom. The summed E-state index contributed by atoms with van der Waals surface area (Å²) < 4.78 is 0. The lowest BCUT2D eigenvalue weighted by molar-refractivity contribution is 1.42. The number of hydrogen-bond donors (Lipinski definition) is 0. The molecule has 0 unspecified atom stereocenters. The normalized spacial score (nSPS) is 11.4. The molecule has 2 heteroatoms. The number of fused-ring (bicyclic) bond motifs is 3. The molecule has 9 rings (SSSR count). The van der Waals surface area contributed by atoms with Crippen molar-refractivity contribution in [1.82, 2.24) is 4.98 Å². The minimum atomic E-state index is 1.16. The van der Waals surface area contributed by atoms with Gasteiger partial charge in [-0.15, -0.1) is 11.3 Å². The first-order valence-corrected chi connectivity index (χ1v) is 17.2. The maximum absolute atomic E-state index is 4.41. The number of rotatable bonds is 5. The number of thiazole rings is 1. The van der Waals surface area contributed by atoms with Gasteiger partial charge in [-0.3, -0.25) is 4.98 Å². The van der Waals surface area contributed by atoms with Crippen LogP contribution in [0.5, 0.6) is 0 Å². The van der Waals surface area contributed by atoms with Gasteiger partial charge in [-0.1, -0.05) is 133 Å². The first-order chi connectivity index (χ1) is 23.7. The van der Waals surface area contributed by atoms with Gasteiger partial charge in [0.15, 0.2) is 0 Å². The lowest BCUT2D eigenvalue weighted by atomic mass is 9.88. The summed E-state index contributed by atoms with van der Waals surface area (Å²) in [6.07, 6.45) is 1.97. The monoisotopic (exact) mass is 629 g/mol. The van der Waals surface area contributed by atoms with Crippen LogP contribution in [0.25, 0.3) is 87.3 Å². The fourth-order valence-corrected chi connectivity index (χ4v) is 7.90. The highest BCUT2D eigenvalue weighted by Crippen LogP contribution is 2.41. The molecule has 226 valence electrons. The van der Waals surface area contributed by atoms with Gasteiger partial charge in [0.05, 0.1) is 10.4 Å². The van der Waals surface area contributed by atoms with Gasteiger partial charge in [0, 0.05) is 6.20 Å². The van der Waals surface area contributed by atoms with Crippen molar-refractivity contribution in [3.8, 4) is 54.9 Å². The van der Waals surface area contributed by atoms with Gasteiger partial charge >= 0.3 is 0 Å². The Morgan fingerprint density at radius 1 is 0.417 bits per heavy atom. The van der Waals surface area contributed by atoms with E-state index in [4.69, 9.17) is 0 Å². The maximum Gasteiger partial charge on any atom is 0.0797 e. The zero-order chi connectivity index (χ0) is 32.0. The van der Waals surface area contributed by atoms with E-state index in [1.165, 1.54) is 88.0 Å². The second kappa shape index (κ2) is 11.8. The van der Waals surface area contributed by atoms with E-state index < -0.39 is 0 Å². The van der Waals surface area contributed by atoms with Crippen LogP contribution in [0.15, 0.2) is 169 Å². The van der Waals surface area contributed by atoms with Crippen LogP contribution in [0, 0.1) is 6.92 Å². The van der Waals surface area contributed by atoms with Crippen molar-refractivity contribution in [3.63, 3.8) is 0 Å². The number of aromatic nitrogens is 1. The van der Waals surface area contributed by atoms with Crippen molar-refractivity contribution in [2.45, 2.75) is 6.92 Å². The molecule has 0 spiro atoms. The fraction of sp³-hybridized carbons (Fsp3) is 0.0217. The van der Waals surface area contributed by atoms with Crippen LogP contribution in [-0.2, 0) is 0 Å². The molecule has 1 heterocycles. The van der Waals surface area contributed by atoms with E-state index in [0.717, 1.165) is 4.88 Å². The Balaban J connectivity index is 1.17. The highest BCUT2D eigenvalue weighted by molar-refractivity contribution is 7.13. The van der Waals surface area contributed by atoms with Crippen LogP contribution in [0.1, 0.15) is 5.56 Å². The Hall–Kier alpha value is -5.83. The summed E-state index contributed by atoms with van der Waals surface area (Å²) in [6.45, 7) is 2.24. The summed E-state index contributed by atoms with van der Waals surface area (Å²) in [7, 11) is 0. The van der Waals surface area contributed by atoms with E-state index in [2.05, 4.69) is 170 Å². The van der Waals surface area contributed by atoms with Gasteiger partial charge in [-0.05, 0) is 119 Å². The van der Waals surface area contributed by atoms with E-state index in [-0.39, 0.29) is 0 Å². The van der Waals surface area contributed by atoms with E-state index in [9.17, 15) is 0 Å². The molecule has 9 aromatic rings. The maximum atomic E-state index is 4.41. The Morgan fingerprint density at radius 3 is 1.67 bits per heavy atom. The van der Waals surface area contributed by atoms with Crippen molar-refractivity contribution in [1.29, 1.82) is 0 Å². The second-order valence-electron chi connectivity index (χ2n) is 12.4. The largest absolute Gasteiger partial charge is 0.252 e. The van der Waals surface area contributed by atoms with Crippen molar-refractivity contribution >= 4 is 43.7 Å². The molecule has 0 aliphatic heterocycles. The predicted molar refractivity (Wildman–Crippen MR) is 207 cm³/mol. The van der Waals surface area contributed by atoms with Crippen LogP contribution < -0.4 is 0 Å². The predicted octanol–water partition coefficient (Wildman–Crippen LogP) is 13.2. The molecule has 0 N–H and O–H groups in total. The molecule has 1 aromatic heterocycles. The van der Waals surface area contributed by atoms with Crippen molar-refractivity contribution in [2.24, 2.45) is 0 Å². The van der Waals surface area contributed by atoms with Crippen LogP contribution >= 0.6 is 11.3 Å². The summed E-state index contributed by atoms with van der Waals surface area (Å²) in [6, 6.07) is 57.8. The zero-order valence-electron chi connectivity index (χ0n) is 26.5. The average molecular weight is 630 g/mol. The van der Waals surface area contributed by atoms with E-state index >= 15 is 0 Å². The highest BCUT2D eigenvalue weighted by atomic mass is 32.1. The Kier molecular flexibility index (Phi) is 6.96. The lowest BCUT2D eigenvalue weighted by Crippen LogP contribution is -1.90. The van der Waals surface area contributed by atoms with Gasteiger partial charge < -0.3 is 0 Å². The van der Waals surface area contributed by atoms with Crippen LogP contribution in [0.3, 0.4) is 0 Å². The van der Waals surface area contributed by atoms with Gasteiger partial charge in [0.1, 0.15) is 0 Å². The molecule has 8 aromatic carbocycles. The van der Waals surface area contributed by atoms with Gasteiger partial charge in [-0.2, -0.15) is 0 Å². The van der Waals surface area contributed by atoms with E-state index in [1.54, 1.807) is 11.3 Å². The molecule has 0 saturated heterocycles. The van der Waals surface area contributed by atoms with Gasteiger partial charge in [-0.25, -0.2) is 0 Å². The molecule has 48 heavy (non-hydrogen) atoms. The molecular weight excluding hydrogens is 599 g/mol. The summed E-state index contributed by atoms with van der Waals surface area (Å²) in [5.74, 6) is 0. The third-order valence-corrected chi connectivity index (χ3v) is 10.5. The number of nitrogens with zero attached hydrogens (tertiary/aromatic N) is 1. The topological polar surface area (TPSA) is 12.9 Å². The highest BCUT2D eigenvalue weighted by Gasteiger charge is 2.14. The van der Waals surface area contributed by atoms with Crippen LogP contribution in [0.4, 0.5) is 0 Å². The molecule has 0 radical (unpaired) electrons. The molecule has 0 aliphatic rings. The Labute approximate surface area is 284 Å². The summed E-state index contributed by atoms with van der Waals surface area (Å²) in [4.78, 5) is 5.57. The minimum absolute atomic E-state index is 1.16. The quantitative estimate of drug-likeness (QED) is 0.173. The second-order valence-corrected chi connectivity index (χ2v) is 13.3. The number of aryl methyl sites for hydroxylation is 1. The first-order valence-electron chi connectivity index (χ1n) is 16.3. The SMILES string of the molecule is Cc1c2ccccc2c(-c2ccc(-c3cc(-c4cccc(-c5cccc6ccccc56)c4)cc(-c4cncs4)c3)cc2)c2ccccc12. The van der Waals surface area contributed by atoms with Crippen LogP contribution in [0.2, 0.25) is 0 Å². The third-order valence-electron chi connectivity index (χ3n) is 9.65. The summed E-state index contributed by atoms with van der Waals surface area (Å²) >= 11 is 1.68. The lowest BCUT2D eigenvalue weighted by Gasteiger charge is -2.16. The molecule has 0 bridgehead atoms. The molecule has 0 atom stereocenters. The van der Waals surface area contributed by atoms with Crippen molar-refractivity contribution < 1.29 is 0 Å². The molecule has 1 nitrogen and oxygen atoms in total. The number of hydrogen-bond acceptors (Lipinski definition) is 2. The summed E-state index contributed by atoms with van der Waals surface area (Å²) in [5, 5.41) is 7.73. The molecular formula is C46H31NS.